The number of hydrogen-bond donors (Lipinski definition) is 2. The van der Waals surface area contributed by atoms with Gasteiger partial charge < -0.3 is 5.32 Å². The minimum atomic E-state index is 0.502. The summed E-state index contributed by atoms with van der Waals surface area (Å²) in [6.45, 7) is 0. The molecule has 0 saturated carbocycles. The lowest BCUT2D eigenvalue weighted by atomic mass is 9.89. The average Bonchev–Trinajstić information content (AvgIpc) is 2.81. The van der Waals surface area contributed by atoms with Gasteiger partial charge in [-0.2, -0.15) is 5.21 Å². The fourth-order valence-corrected chi connectivity index (χ4v) is 2.44. The lowest BCUT2D eigenvalue weighted by molar-refractivity contribution is 0.487. The van der Waals surface area contributed by atoms with Gasteiger partial charge in [0.25, 0.3) is 0 Å². The third-order valence-corrected chi connectivity index (χ3v) is 2.99. The molecular weight excluding hydrogens is 154 g/mol. The molecule has 3 atom stereocenters. The minimum absolute atomic E-state index is 0.502. The lowest BCUT2D eigenvalue weighted by Crippen LogP contribution is -2.22. The summed E-state index contributed by atoms with van der Waals surface area (Å²) in [6, 6.07) is 1.31. The van der Waals surface area contributed by atoms with Gasteiger partial charge in [-0.15, -0.1) is 10.2 Å². The predicted octanol–water partition coefficient (Wildman–Crippen LogP) is -0.192. The van der Waals surface area contributed by atoms with Crippen molar-refractivity contribution in [1.29, 1.82) is 0 Å². The molecule has 1 aromatic heterocycles. The highest BCUT2D eigenvalue weighted by Gasteiger charge is 2.41. The van der Waals surface area contributed by atoms with Gasteiger partial charge in [0.05, 0.1) is 0 Å². The molecule has 64 valence electrons. The first-order chi connectivity index (χ1) is 5.93. The standard InChI is InChI=1S/C7H11N5/c1-2-6-5(3-4(1)8-6)7-9-11-12-10-7/h4-6,8H,1-3H2,(H,9,10,11,12). The molecule has 12 heavy (non-hydrogen) atoms. The molecule has 0 spiro atoms. The Labute approximate surface area is 69.9 Å². The summed E-state index contributed by atoms with van der Waals surface area (Å²) in [5.41, 5.74) is 0. The second-order valence-corrected chi connectivity index (χ2v) is 3.66. The van der Waals surface area contributed by atoms with Crippen molar-refractivity contribution in [2.75, 3.05) is 0 Å². The monoisotopic (exact) mass is 165 g/mol. The normalized spacial score (nSPS) is 39.2. The molecule has 2 fully saturated rings. The molecule has 0 radical (unpaired) electrons. The van der Waals surface area contributed by atoms with E-state index in [0.717, 1.165) is 5.82 Å². The van der Waals surface area contributed by atoms with Crippen LogP contribution in [-0.4, -0.2) is 32.7 Å². The van der Waals surface area contributed by atoms with Crippen LogP contribution >= 0.6 is 0 Å². The quantitative estimate of drug-likeness (QED) is 0.605. The zero-order valence-corrected chi connectivity index (χ0v) is 6.70. The third kappa shape index (κ3) is 0.797. The van der Waals surface area contributed by atoms with Gasteiger partial charge in [0.15, 0.2) is 5.82 Å². The van der Waals surface area contributed by atoms with Crippen LogP contribution in [0, 0.1) is 0 Å². The Morgan fingerprint density at radius 1 is 1.33 bits per heavy atom. The Balaban J connectivity index is 1.87. The van der Waals surface area contributed by atoms with Crippen molar-refractivity contribution in [2.45, 2.75) is 37.3 Å². The highest BCUT2D eigenvalue weighted by atomic mass is 15.5. The largest absolute Gasteiger partial charge is 0.310 e. The zero-order chi connectivity index (χ0) is 7.97. The van der Waals surface area contributed by atoms with Crippen LogP contribution < -0.4 is 5.32 Å². The predicted molar refractivity (Wildman–Crippen MR) is 41.5 cm³/mol. The molecule has 5 nitrogen and oxygen atoms in total. The Morgan fingerprint density at radius 2 is 2.33 bits per heavy atom. The Hall–Kier alpha value is -0.970. The van der Waals surface area contributed by atoms with Gasteiger partial charge in [-0.25, -0.2) is 0 Å². The van der Waals surface area contributed by atoms with Gasteiger partial charge in [0.1, 0.15) is 0 Å². The van der Waals surface area contributed by atoms with Gasteiger partial charge in [-0.1, -0.05) is 5.21 Å². The molecule has 2 bridgehead atoms. The maximum absolute atomic E-state index is 4.03. The van der Waals surface area contributed by atoms with Crippen molar-refractivity contribution < 1.29 is 0 Å². The number of aromatic amines is 1. The van der Waals surface area contributed by atoms with E-state index in [2.05, 4.69) is 25.9 Å². The van der Waals surface area contributed by atoms with Crippen molar-refractivity contribution >= 4 is 0 Å². The van der Waals surface area contributed by atoms with Crippen LogP contribution in [0.2, 0.25) is 0 Å². The highest BCUT2D eigenvalue weighted by Crippen LogP contribution is 2.37. The molecule has 3 heterocycles. The van der Waals surface area contributed by atoms with Crippen LogP contribution in [0.3, 0.4) is 0 Å². The smallest absolute Gasteiger partial charge is 0.179 e. The number of fused-ring (bicyclic) bond motifs is 2. The molecule has 0 aliphatic carbocycles. The van der Waals surface area contributed by atoms with E-state index in [0.29, 0.717) is 18.0 Å². The average molecular weight is 165 g/mol. The second kappa shape index (κ2) is 2.26. The Morgan fingerprint density at radius 3 is 2.92 bits per heavy atom. The number of hydrogen-bond acceptors (Lipinski definition) is 4. The third-order valence-electron chi connectivity index (χ3n) is 2.99. The number of nitrogens with one attached hydrogen (secondary N) is 2. The van der Waals surface area contributed by atoms with E-state index in [1.807, 2.05) is 0 Å². The number of tetrazole rings is 1. The summed E-state index contributed by atoms with van der Waals surface area (Å²) in [5.74, 6) is 1.39. The van der Waals surface area contributed by atoms with Crippen LogP contribution in [0.15, 0.2) is 0 Å². The SMILES string of the molecule is C1CC2NC1CC2c1nn[nH]n1. The summed E-state index contributed by atoms with van der Waals surface area (Å²) in [5, 5.41) is 17.7. The van der Waals surface area contributed by atoms with Gasteiger partial charge in [-0.05, 0) is 19.3 Å². The molecule has 0 amide bonds. The van der Waals surface area contributed by atoms with Gasteiger partial charge in [0, 0.05) is 18.0 Å². The van der Waals surface area contributed by atoms with Crippen molar-refractivity contribution in [3.05, 3.63) is 5.82 Å². The van der Waals surface area contributed by atoms with Gasteiger partial charge in [-0.3, -0.25) is 0 Å². The van der Waals surface area contributed by atoms with Crippen molar-refractivity contribution in [1.82, 2.24) is 25.9 Å². The topological polar surface area (TPSA) is 66.5 Å². The summed E-state index contributed by atoms with van der Waals surface area (Å²) < 4.78 is 0. The fourth-order valence-electron chi connectivity index (χ4n) is 2.44. The van der Waals surface area contributed by atoms with Crippen molar-refractivity contribution in [3.8, 4) is 0 Å². The van der Waals surface area contributed by atoms with E-state index in [4.69, 9.17) is 0 Å². The molecule has 5 heteroatoms. The molecule has 3 rings (SSSR count). The Kier molecular flexibility index (Phi) is 1.23. The zero-order valence-electron chi connectivity index (χ0n) is 6.70. The number of aromatic nitrogens is 4. The Bertz CT molecular complexity index is 269. The molecule has 1 aromatic rings. The molecule has 3 unspecified atom stereocenters. The van der Waals surface area contributed by atoms with E-state index in [1.54, 1.807) is 0 Å². The van der Waals surface area contributed by atoms with Crippen LogP contribution in [0.25, 0.3) is 0 Å². The van der Waals surface area contributed by atoms with Crippen LogP contribution in [0.4, 0.5) is 0 Å². The summed E-state index contributed by atoms with van der Waals surface area (Å²) in [7, 11) is 0. The van der Waals surface area contributed by atoms with E-state index < -0.39 is 0 Å². The minimum Gasteiger partial charge on any atom is -0.310 e. The van der Waals surface area contributed by atoms with E-state index in [9.17, 15) is 0 Å². The molecule has 2 N–H and O–H groups in total. The first-order valence-electron chi connectivity index (χ1n) is 4.43. The maximum Gasteiger partial charge on any atom is 0.179 e. The molecule has 2 saturated heterocycles. The van der Waals surface area contributed by atoms with Crippen molar-refractivity contribution in [3.63, 3.8) is 0 Å². The van der Waals surface area contributed by atoms with Crippen LogP contribution in [0.1, 0.15) is 31.0 Å². The lowest BCUT2D eigenvalue weighted by Gasteiger charge is -2.15. The van der Waals surface area contributed by atoms with Gasteiger partial charge >= 0.3 is 0 Å². The number of H-pyrrole nitrogens is 1. The highest BCUT2D eigenvalue weighted by molar-refractivity contribution is 5.09. The number of nitrogens with zero attached hydrogens (tertiary/aromatic N) is 3. The van der Waals surface area contributed by atoms with E-state index >= 15 is 0 Å². The molecule has 0 aromatic carbocycles. The fraction of sp³-hybridized carbons (Fsp3) is 0.857. The van der Waals surface area contributed by atoms with Crippen molar-refractivity contribution in [2.24, 2.45) is 0 Å². The summed E-state index contributed by atoms with van der Waals surface area (Å²) in [6.07, 6.45) is 3.77. The second-order valence-electron chi connectivity index (χ2n) is 3.66. The summed E-state index contributed by atoms with van der Waals surface area (Å²) in [4.78, 5) is 0. The summed E-state index contributed by atoms with van der Waals surface area (Å²) >= 11 is 0. The van der Waals surface area contributed by atoms with Crippen LogP contribution in [-0.2, 0) is 0 Å². The molecular formula is C7H11N5. The van der Waals surface area contributed by atoms with E-state index in [-0.39, 0.29) is 0 Å². The number of rotatable bonds is 1. The maximum atomic E-state index is 4.03. The first kappa shape index (κ1) is 6.54. The van der Waals surface area contributed by atoms with Crippen LogP contribution in [0.5, 0.6) is 0 Å². The van der Waals surface area contributed by atoms with E-state index in [1.165, 1.54) is 19.3 Å². The molecule has 2 aliphatic rings. The molecule has 2 aliphatic heterocycles. The van der Waals surface area contributed by atoms with Gasteiger partial charge in [0.2, 0.25) is 0 Å². The first-order valence-corrected chi connectivity index (χ1v) is 4.43.